The molecular formula is C41H15BF20N2O2. The molecule has 7 aromatic rings. The zero-order chi connectivity index (χ0) is 48.8. The van der Waals surface area contributed by atoms with Crippen molar-refractivity contribution in [3.63, 3.8) is 0 Å². The lowest BCUT2D eigenvalue weighted by molar-refractivity contribution is -0.692. The van der Waals surface area contributed by atoms with E-state index in [0.29, 0.717) is 18.2 Å². The maximum Gasteiger partial charge on any atom is 0.392 e. The van der Waals surface area contributed by atoms with Crippen molar-refractivity contribution in [3.8, 4) is 17.4 Å². The van der Waals surface area contributed by atoms with Gasteiger partial charge in [-0.1, -0.05) is 30.3 Å². The van der Waals surface area contributed by atoms with Gasteiger partial charge in [-0.05, 0) is 24.3 Å². The summed E-state index contributed by atoms with van der Waals surface area (Å²) in [5.74, 6) is -69.9. The molecule has 0 bridgehead atoms. The highest BCUT2D eigenvalue weighted by Gasteiger charge is 2.52. The highest BCUT2D eigenvalue weighted by atomic mass is 19.2. The Bertz CT molecular complexity index is 2670. The van der Waals surface area contributed by atoms with E-state index in [1.807, 2.05) is 29.0 Å². The van der Waals surface area contributed by atoms with Crippen molar-refractivity contribution in [2.24, 2.45) is 0 Å². The molecule has 7 rings (SSSR count). The Hall–Kier alpha value is -7.34. The molecular weight excluding hydrogens is 943 g/mol. The summed E-state index contributed by atoms with van der Waals surface area (Å²) in [5, 5.41) is 9.30. The summed E-state index contributed by atoms with van der Waals surface area (Å²) in [6.07, 6.45) is -1.93. The molecule has 1 N–H and O–H groups in total. The van der Waals surface area contributed by atoms with Gasteiger partial charge < -0.3 is 9.84 Å². The average molecular weight is 958 g/mol. The van der Waals surface area contributed by atoms with Gasteiger partial charge >= 0.3 is 5.88 Å². The largest absolute Gasteiger partial charge is 0.508 e. The van der Waals surface area contributed by atoms with E-state index < -0.39 is 144 Å². The molecule has 344 valence electrons. The number of nitrogens with zero attached hydrogens (tertiary/aromatic N) is 2. The molecule has 1 heterocycles. The Morgan fingerprint density at radius 1 is 0.409 bits per heavy atom. The summed E-state index contributed by atoms with van der Waals surface area (Å²) in [5.41, 5.74) is -13.1. The molecule has 0 amide bonds. The van der Waals surface area contributed by atoms with E-state index in [2.05, 4.69) is 17.1 Å². The van der Waals surface area contributed by atoms with Gasteiger partial charge in [-0.3, -0.25) is 0 Å². The Morgan fingerprint density at radius 3 is 1.03 bits per heavy atom. The van der Waals surface area contributed by atoms with Crippen molar-refractivity contribution in [1.82, 2.24) is 4.98 Å². The van der Waals surface area contributed by atoms with Gasteiger partial charge in [0.1, 0.15) is 70.4 Å². The number of aromatic nitrogens is 2. The summed E-state index contributed by atoms with van der Waals surface area (Å²) in [6.45, 7) is 0.705. The van der Waals surface area contributed by atoms with E-state index in [-0.39, 0.29) is 5.75 Å². The second-order valence-electron chi connectivity index (χ2n) is 13.4. The van der Waals surface area contributed by atoms with Crippen LogP contribution in [0, 0.1) is 116 Å². The Morgan fingerprint density at radius 2 is 0.712 bits per heavy atom. The van der Waals surface area contributed by atoms with Crippen LogP contribution < -0.4 is 31.2 Å². The molecule has 0 saturated heterocycles. The van der Waals surface area contributed by atoms with Crippen molar-refractivity contribution in [1.29, 1.82) is 0 Å². The van der Waals surface area contributed by atoms with E-state index >= 15 is 35.1 Å². The monoisotopic (exact) mass is 958 g/mol. The lowest BCUT2D eigenvalue weighted by Gasteiger charge is -2.44. The lowest BCUT2D eigenvalue weighted by Crippen LogP contribution is -2.81. The number of aromatic hydroxyl groups is 1. The van der Waals surface area contributed by atoms with E-state index in [1.54, 1.807) is 36.7 Å². The first kappa shape index (κ1) is 48.1. The highest BCUT2D eigenvalue weighted by Crippen LogP contribution is 2.31. The van der Waals surface area contributed by atoms with E-state index in [0.717, 1.165) is 0 Å². The third kappa shape index (κ3) is 7.84. The fourth-order valence-electron chi connectivity index (χ4n) is 6.88. The van der Waals surface area contributed by atoms with Crippen LogP contribution in [0.2, 0.25) is 0 Å². The minimum atomic E-state index is -7.22. The summed E-state index contributed by atoms with van der Waals surface area (Å²) in [7, 11) is 0. The quantitative estimate of drug-likeness (QED) is 0.0546. The predicted molar refractivity (Wildman–Crippen MR) is 187 cm³/mol. The van der Waals surface area contributed by atoms with Crippen molar-refractivity contribution in [2.45, 2.75) is 6.54 Å². The normalized spacial score (nSPS) is 11.5. The fourth-order valence-corrected chi connectivity index (χ4v) is 6.88. The number of ether oxygens (including phenoxy) is 1. The third-order valence-corrected chi connectivity index (χ3v) is 9.76. The maximum absolute atomic E-state index is 15.4. The molecule has 0 spiro atoms. The van der Waals surface area contributed by atoms with Crippen LogP contribution in [0.25, 0.3) is 0 Å². The number of rotatable bonds is 8. The van der Waals surface area contributed by atoms with Crippen LogP contribution in [0.1, 0.15) is 5.56 Å². The van der Waals surface area contributed by atoms with E-state index in [4.69, 9.17) is 4.74 Å². The van der Waals surface area contributed by atoms with Crippen LogP contribution in [-0.4, -0.2) is 16.2 Å². The molecule has 1 aromatic heterocycles. The number of phenolic OH excluding ortho intramolecular Hbond substituents is 1. The minimum Gasteiger partial charge on any atom is -0.508 e. The van der Waals surface area contributed by atoms with Gasteiger partial charge in [0.25, 0.3) is 0 Å². The Kier molecular flexibility index (Phi) is 13.3. The van der Waals surface area contributed by atoms with Crippen LogP contribution in [0.5, 0.6) is 17.4 Å². The van der Waals surface area contributed by atoms with Gasteiger partial charge in [-0.25, -0.2) is 92.8 Å². The standard InChI is InChI=1S/C24BF20.C17H14N2O2/c26-5-1(6(27)14(35)21(42)13(5)34)25(2-7(28)15(36)22(43)16(37)8(2)29,3-9(30)17(38)23(44)18(39)10(3)31)4-11(32)19(40)24(45)20(41)12(4)33;20-15-6-8-16(9-7-15)21-17-12-18-10-11-19(17)13-14-4-2-1-3-5-14/h;1-12H,13H2/q-1;/p+1. The molecule has 0 aliphatic rings. The van der Waals surface area contributed by atoms with Crippen molar-refractivity contribution < 1.29 is 102 Å². The second kappa shape index (κ2) is 18.3. The summed E-state index contributed by atoms with van der Waals surface area (Å²) < 4.78 is 302. The van der Waals surface area contributed by atoms with Gasteiger partial charge in [-0.2, -0.15) is 4.57 Å². The van der Waals surface area contributed by atoms with Crippen LogP contribution in [0.3, 0.4) is 0 Å². The summed E-state index contributed by atoms with van der Waals surface area (Å²) in [6, 6.07) is 16.8. The number of benzene rings is 6. The first-order valence-electron chi connectivity index (χ1n) is 17.6. The fraction of sp³-hybridized carbons (Fsp3) is 0.0244. The van der Waals surface area contributed by atoms with E-state index in [9.17, 15) is 57.8 Å². The van der Waals surface area contributed by atoms with Gasteiger partial charge in [0, 0.05) is 5.56 Å². The highest BCUT2D eigenvalue weighted by molar-refractivity contribution is 7.20. The lowest BCUT2D eigenvalue weighted by atomic mass is 9.12. The number of hydrogen-bond donors (Lipinski definition) is 1. The summed E-state index contributed by atoms with van der Waals surface area (Å²) in [4.78, 5) is 4.11. The van der Waals surface area contributed by atoms with Crippen molar-refractivity contribution in [2.75, 3.05) is 0 Å². The van der Waals surface area contributed by atoms with Gasteiger partial charge in [0.2, 0.25) is 0 Å². The maximum atomic E-state index is 15.4. The summed E-state index contributed by atoms with van der Waals surface area (Å²) >= 11 is 0. The Labute approximate surface area is 354 Å². The molecule has 0 fully saturated rings. The molecule has 0 unspecified atom stereocenters. The van der Waals surface area contributed by atoms with Crippen LogP contribution in [0.15, 0.2) is 73.2 Å². The first-order chi connectivity index (χ1) is 31.0. The Balaban J connectivity index is 0.000000284. The van der Waals surface area contributed by atoms with Crippen molar-refractivity contribution in [3.05, 3.63) is 195 Å². The predicted octanol–water partition coefficient (Wildman–Crippen LogP) is 8.76. The van der Waals surface area contributed by atoms with Crippen LogP contribution >= 0.6 is 0 Å². The van der Waals surface area contributed by atoms with Gasteiger partial charge in [-0.15, -0.1) is 21.9 Å². The number of phenols is 1. The molecule has 0 radical (unpaired) electrons. The topological polar surface area (TPSA) is 46.2 Å². The zero-order valence-electron chi connectivity index (χ0n) is 31.5. The first-order valence-corrected chi connectivity index (χ1v) is 17.6. The SMILES string of the molecule is Fc1c(F)c(F)c([B-](c2c(F)c(F)c(F)c(F)c2F)(c2c(F)c(F)c(F)c(F)c2F)c2c(F)c(F)c(F)c(F)c2F)c(F)c1F.Oc1ccc(Oc2cncc[n+]2Cc2ccccc2)cc1. The smallest absolute Gasteiger partial charge is 0.392 e. The number of hydrogen-bond acceptors (Lipinski definition) is 3. The second-order valence-corrected chi connectivity index (χ2v) is 13.4. The molecule has 0 atom stereocenters. The van der Waals surface area contributed by atoms with Crippen molar-refractivity contribution >= 4 is 28.0 Å². The van der Waals surface area contributed by atoms with Gasteiger partial charge in [0.15, 0.2) is 82.5 Å². The number of halogens is 20. The van der Waals surface area contributed by atoms with Crippen LogP contribution in [0.4, 0.5) is 87.8 Å². The molecule has 4 nitrogen and oxygen atoms in total. The molecule has 0 saturated carbocycles. The van der Waals surface area contributed by atoms with Gasteiger partial charge in [0.05, 0.1) is 6.20 Å². The molecule has 0 aliphatic carbocycles. The zero-order valence-corrected chi connectivity index (χ0v) is 31.5. The third-order valence-electron chi connectivity index (χ3n) is 9.76. The van der Waals surface area contributed by atoms with E-state index in [1.165, 1.54) is 5.56 Å². The molecule has 6 aromatic carbocycles. The molecule has 0 aliphatic heterocycles. The molecule has 66 heavy (non-hydrogen) atoms. The molecule has 25 heteroatoms. The minimum absolute atomic E-state index is 0.214. The average Bonchev–Trinajstić information content (AvgIpc) is 3.30. The van der Waals surface area contributed by atoms with Crippen LogP contribution in [-0.2, 0) is 6.54 Å².